The number of hydrogen-bond donors (Lipinski definition) is 1. The lowest BCUT2D eigenvalue weighted by molar-refractivity contribution is 0.316. The highest BCUT2D eigenvalue weighted by molar-refractivity contribution is 5.20. The lowest BCUT2D eigenvalue weighted by Crippen LogP contribution is -2.20. The van der Waals surface area contributed by atoms with E-state index in [0.29, 0.717) is 11.0 Å². The van der Waals surface area contributed by atoms with E-state index in [2.05, 4.69) is 32.7 Å². The van der Waals surface area contributed by atoms with Crippen LogP contribution in [-0.2, 0) is 0 Å². The molecule has 0 aromatic carbocycles. The van der Waals surface area contributed by atoms with Crippen molar-refractivity contribution < 1.29 is 0 Å². The van der Waals surface area contributed by atoms with E-state index in [1.54, 1.807) is 0 Å². The van der Waals surface area contributed by atoms with Gasteiger partial charge in [-0.15, -0.1) is 0 Å². The van der Waals surface area contributed by atoms with Crippen LogP contribution < -0.4 is 5.32 Å². The summed E-state index contributed by atoms with van der Waals surface area (Å²) in [6.45, 7) is 11.1. The van der Waals surface area contributed by atoms with Gasteiger partial charge in [0, 0.05) is 17.2 Å². The summed E-state index contributed by atoms with van der Waals surface area (Å²) < 4.78 is 0. The molecule has 1 heteroatoms. The molecule has 1 nitrogen and oxygen atoms in total. The molecule has 0 amide bonds. The van der Waals surface area contributed by atoms with Gasteiger partial charge in [-0.3, -0.25) is 0 Å². The quantitative estimate of drug-likeness (QED) is 0.652. The van der Waals surface area contributed by atoms with E-state index >= 15 is 0 Å². The molecule has 0 bridgehead atoms. The molecule has 1 spiro atoms. The van der Waals surface area contributed by atoms with E-state index in [1.807, 2.05) is 0 Å². The largest absolute Gasteiger partial charge is 0.383 e. The van der Waals surface area contributed by atoms with Crippen molar-refractivity contribution in [2.24, 2.45) is 11.3 Å². The van der Waals surface area contributed by atoms with Gasteiger partial charge >= 0.3 is 0 Å². The van der Waals surface area contributed by atoms with Gasteiger partial charge in [0.1, 0.15) is 0 Å². The van der Waals surface area contributed by atoms with E-state index in [4.69, 9.17) is 0 Å². The predicted octanol–water partition coefficient (Wildman–Crippen LogP) is 3.08. The summed E-state index contributed by atoms with van der Waals surface area (Å²) in [6, 6.07) is 0. The van der Waals surface area contributed by atoms with Crippen molar-refractivity contribution >= 4 is 0 Å². The van der Waals surface area contributed by atoms with Crippen LogP contribution in [0.15, 0.2) is 12.3 Å². The average molecular weight is 179 g/mol. The maximum absolute atomic E-state index is 4.14. The van der Waals surface area contributed by atoms with E-state index < -0.39 is 0 Å². The Morgan fingerprint density at radius 2 is 2.08 bits per heavy atom. The first-order chi connectivity index (χ1) is 5.90. The molecule has 1 aliphatic heterocycles. The van der Waals surface area contributed by atoms with Crippen LogP contribution in [0.4, 0.5) is 0 Å². The second kappa shape index (κ2) is 2.52. The van der Waals surface area contributed by atoms with Gasteiger partial charge in [-0.05, 0) is 31.1 Å². The maximum Gasteiger partial charge on any atom is 0.0378 e. The first-order valence-electron chi connectivity index (χ1n) is 5.37. The van der Waals surface area contributed by atoms with Crippen molar-refractivity contribution in [3.63, 3.8) is 0 Å². The highest BCUT2D eigenvalue weighted by Gasteiger charge is 2.50. The molecular weight excluding hydrogens is 158 g/mol. The fraction of sp³-hybridized carbons (Fsp3) is 0.833. The molecule has 0 aromatic heterocycles. The van der Waals surface area contributed by atoms with Crippen LogP contribution >= 0.6 is 0 Å². The molecular formula is C12H21N. The van der Waals surface area contributed by atoms with E-state index in [-0.39, 0.29) is 0 Å². The molecule has 1 atom stereocenters. The summed E-state index contributed by atoms with van der Waals surface area (Å²) in [5, 5.41) is 3.58. The Kier molecular flexibility index (Phi) is 1.77. The molecule has 1 heterocycles. The summed E-state index contributed by atoms with van der Waals surface area (Å²) in [5.41, 5.74) is 2.25. The molecule has 1 aliphatic carbocycles. The number of allylic oxidation sites excluding steroid dienone is 1. The summed E-state index contributed by atoms with van der Waals surface area (Å²) >= 11 is 0. The normalized spacial score (nSPS) is 30.7. The zero-order valence-corrected chi connectivity index (χ0v) is 9.11. The molecule has 1 saturated heterocycles. The maximum atomic E-state index is 4.14. The lowest BCUT2D eigenvalue weighted by atomic mass is 9.82. The van der Waals surface area contributed by atoms with E-state index in [0.717, 1.165) is 5.92 Å². The Bertz CT molecular complexity index is 230. The van der Waals surface area contributed by atoms with Crippen LogP contribution in [0, 0.1) is 11.3 Å². The number of hydrogen-bond acceptors (Lipinski definition) is 1. The number of rotatable bonds is 1. The van der Waals surface area contributed by atoms with Crippen molar-refractivity contribution in [3.05, 3.63) is 12.3 Å². The van der Waals surface area contributed by atoms with Crippen LogP contribution in [0.1, 0.15) is 46.5 Å². The molecule has 2 rings (SSSR count). The lowest BCUT2D eigenvalue weighted by Gasteiger charge is -2.22. The molecule has 1 unspecified atom stereocenters. The second-order valence-electron chi connectivity index (χ2n) is 6.10. The Morgan fingerprint density at radius 3 is 2.46 bits per heavy atom. The fourth-order valence-electron chi connectivity index (χ4n) is 2.50. The number of nitrogens with one attached hydrogen (secondary N) is 1. The molecule has 74 valence electrons. The summed E-state index contributed by atoms with van der Waals surface area (Å²) in [5.74, 6) is 0.725. The average Bonchev–Trinajstić information content (AvgIpc) is 2.57. The minimum Gasteiger partial charge on any atom is -0.383 e. The van der Waals surface area contributed by atoms with Crippen molar-refractivity contribution in [2.45, 2.75) is 52.0 Å². The van der Waals surface area contributed by atoms with Crippen molar-refractivity contribution in [1.29, 1.82) is 0 Å². The predicted molar refractivity (Wildman–Crippen MR) is 56.4 cm³/mol. The second-order valence-corrected chi connectivity index (χ2v) is 6.10. The van der Waals surface area contributed by atoms with E-state index in [9.17, 15) is 0 Å². The Balaban J connectivity index is 1.97. The molecule has 2 fully saturated rings. The van der Waals surface area contributed by atoms with Crippen LogP contribution in [0.5, 0.6) is 0 Å². The highest BCUT2D eigenvalue weighted by atomic mass is 15.1. The minimum atomic E-state index is 0.440. The van der Waals surface area contributed by atoms with Gasteiger partial charge in [0.05, 0.1) is 0 Å². The van der Waals surface area contributed by atoms with E-state index in [1.165, 1.54) is 31.4 Å². The van der Waals surface area contributed by atoms with Gasteiger partial charge in [0.15, 0.2) is 0 Å². The van der Waals surface area contributed by atoms with Gasteiger partial charge in [0.2, 0.25) is 0 Å². The van der Waals surface area contributed by atoms with Gasteiger partial charge < -0.3 is 5.32 Å². The van der Waals surface area contributed by atoms with Crippen molar-refractivity contribution in [3.8, 4) is 0 Å². The zero-order chi connectivity index (χ0) is 9.69. The van der Waals surface area contributed by atoms with Crippen LogP contribution in [0.25, 0.3) is 0 Å². The third-order valence-corrected chi connectivity index (χ3v) is 3.27. The highest BCUT2D eigenvalue weighted by Crippen LogP contribution is 2.50. The Hall–Kier alpha value is -0.460. The third kappa shape index (κ3) is 1.90. The zero-order valence-electron chi connectivity index (χ0n) is 9.11. The molecule has 1 saturated carbocycles. The van der Waals surface area contributed by atoms with Gasteiger partial charge in [-0.1, -0.05) is 27.4 Å². The van der Waals surface area contributed by atoms with Crippen LogP contribution in [0.2, 0.25) is 0 Å². The molecule has 0 radical (unpaired) electrons. The van der Waals surface area contributed by atoms with Gasteiger partial charge in [0.25, 0.3) is 0 Å². The SMILES string of the molecule is C=C1NC2(CC2)CC1CC(C)(C)C. The minimum absolute atomic E-state index is 0.440. The first kappa shape index (κ1) is 9.11. The van der Waals surface area contributed by atoms with Crippen molar-refractivity contribution in [2.75, 3.05) is 0 Å². The summed E-state index contributed by atoms with van der Waals surface area (Å²) in [7, 11) is 0. The van der Waals surface area contributed by atoms with Gasteiger partial charge in [-0.2, -0.15) is 0 Å². The van der Waals surface area contributed by atoms with Gasteiger partial charge in [-0.25, -0.2) is 0 Å². The molecule has 1 N–H and O–H groups in total. The molecule has 2 aliphatic rings. The topological polar surface area (TPSA) is 12.0 Å². The molecule has 0 aromatic rings. The standard InChI is InChI=1S/C12H21N/c1-9-10(7-11(2,3)4)8-12(13-9)5-6-12/h10,13H,1,5-8H2,2-4H3. The Labute approximate surface area is 81.6 Å². The Morgan fingerprint density at radius 1 is 1.46 bits per heavy atom. The van der Waals surface area contributed by atoms with Crippen LogP contribution in [-0.4, -0.2) is 5.54 Å². The monoisotopic (exact) mass is 179 g/mol. The third-order valence-electron chi connectivity index (χ3n) is 3.27. The fourth-order valence-corrected chi connectivity index (χ4v) is 2.50. The molecule has 13 heavy (non-hydrogen) atoms. The van der Waals surface area contributed by atoms with Crippen molar-refractivity contribution in [1.82, 2.24) is 5.32 Å². The summed E-state index contributed by atoms with van der Waals surface area (Å²) in [4.78, 5) is 0. The van der Waals surface area contributed by atoms with Crippen LogP contribution in [0.3, 0.4) is 0 Å². The first-order valence-corrected chi connectivity index (χ1v) is 5.37. The summed E-state index contributed by atoms with van der Waals surface area (Å²) in [6.07, 6.45) is 5.35. The smallest absolute Gasteiger partial charge is 0.0378 e.